The Kier molecular flexibility index (Phi) is 6.15. The molecule has 0 radical (unpaired) electrons. The first kappa shape index (κ1) is 16.3. The van der Waals surface area contributed by atoms with E-state index in [-0.39, 0.29) is 5.54 Å². The molecule has 0 bridgehead atoms. The monoisotopic (exact) mass is 282 g/mol. The number of anilines is 1. The molecule has 108 valence electrons. The van der Waals surface area contributed by atoms with Crippen molar-refractivity contribution in [2.45, 2.75) is 52.6 Å². The number of hydrogen-bond donors (Lipinski definition) is 1. The molecule has 0 fully saturated rings. The van der Waals surface area contributed by atoms with Crippen LogP contribution in [0.2, 0.25) is 5.02 Å². The summed E-state index contributed by atoms with van der Waals surface area (Å²) in [7, 11) is 2.10. The summed E-state index contributed by atoms with van der Waals surface area (Å²) in [5, 5.41) is 4.32. The molecule has 3 heteroatoms. The van der Waals surface area contributed by atoms with E-state index in [1.54, 1.807) is 0 Å². The number of unbranched alkanes of at least 4 members (excludes halogenated alkanes) is 1. The maximum absolute atomic E-state index is 6.38. The Hall–Kier alpha value is -0.730. The fraction of sp³-hybridized carbons (Fsp3) is 0.625. The van der Waals surface area contributed by atoms with Crippen molar-refractivity contribution in [2.75, 3.05) is 18.5 Å². The Labute approximate surface area is 123 Å². The van der Waals surface area contributed by atoms with Crippen molar-refractivity contribution in [3.8, 4) is 0 Å². The Morgan fingerprint density at radius 2 is 1.95 bits per heavy atom. The molecule has 0 saturated heterocycles. The van der Waals surface area contributed by atoms with Gasteiger partial charge in [-0.15, -0.1) is 0 Å². The van der Waals surface area contributed by atoms with E-state index in [2.05, 4.69) is 63.2 Å². The summed E-state index contributed by atoms with van der Waals surface area (Å²) >= 11 is 6.38. The summed E-state index contributed by atoms with van der Waals surface area (Å²) in [5.41, 5.74) is 2.48. The first-order chi connectivity index (χ1) is 8.83. The molecule has 1 rings (SSSR count). The van der Waals surface area contributed by atoms with Crippen molar-refractivity contribution in [3.63, 3.8) is 0 Å². The van der Waals surface area contributed by atoms with Crippen LogP contribution in [0, 0.1) is 0 Å². The summed E-state index contributed by atoms with van der Waals surface area (Å²) in [5.74, 6) is 0. The van der Waals surface area contributed by atoms with Gasteiger partial charge < -0.3 is 10.2 Å². The van der Waals surface area contributed by atoms with Gasteiger partial charge in [-0.05, 0) is 44.9 Å². The Morgan fingerprint density at radius 3 is 2.47 bits per heavy atom. The highest BCUT2D eigenvalue weighted by molar-refractivity contribution is 6.33. The minimum absolute atomic E-state index is 0.128. The Morgan fingerprint density at radius 1 is 1.26 bits per heavy atom. The van der Waals surface area contributed by atoms with Crippen molar-refractivity contribution in [1.82, 2.24) is 5.32 Å². The van der Waals surface area contributed by atoms with E-state index >= 15 is 0 Å². The summed E-state index contributed by atoms with van der Waals surface area (Å²) in [6, 6.07) is 6.35. The summed E-state index contributed by atoms with van der Waals surface area (Å²) in [4.78, 5) is 2.23. The third-order valence-electron chi connectivity index (χ3n) is 3.09. The molecule has 0 aliphatic heterocycles. The summed E-state index contributed by atoms with van der Waals surface area (Å²) < 4.78 is 0. The van der Waals surface area contributed by atoms with Crippen LogP contribution in [0.25, 0.3) is 0 Å². The number of hydrogen-bond acceptors (Lipinski definition) is 2. The lowest BCUT2D eigenvalue weighted by Gasteiger charge is -2.23. The van der Waals surface area contributed by atoms with Crippen LogP contribution in [-0.2, 0) is 6.54 Å². The highest BCUT2D eigenvalue weighted by Crippen LogP contribution is 2.26. The molecule has 1 aromatic carbocycles. The van der Waals surface area contributed by atoms with E-state index in [0.717, 1.165) is 23.8 Å². The lowest BCUT2D eigenvalue weighted by molar-refractivity contribution is 0.424. The minimum Gasteiger partial charge on any atom is -0.373 e. The average molecular weight is 283 g/mol. The molecule has 0 unspecified atom stereocenters. The van der Waals surface area contributed by atoms with Gasteiger partial charge in [-0.3, -0.25) is 0 Å². The van der Waals surface area contributed by atoms with Gasteiger partial charge in [0.1, 0.15) is 0 Å². The molecule has 0 aliphatic carbocycles. The molecule has 1 N–H and O–H groups in total. The predicted molar refractivity (Wildman–Crippen MR) is 86.2 cm³/mol. The molecule has 0 saturated carbocycles. The highest BCUT2D eigenvalue weighted by atomic mass is 35.5. The summed E-state index contributed by atoms with van der Waals surface area (Å²) in [6.07, 6.45) is 2.40. The van der Waals surface area contributed by atoms with Crippen molar-refractivity contribution in [1.29, 1.82) is 0 Å². The van der Waals surface area contributed by atoms with Crippen molar-refractivity contribution in [2.24, 2.45) is 0 Å². The zero-order valence-corrected chi connectivity index (χ0v) is 13.6. The SMILES string of the molecule is CCCCN(C)c1ccc(CNC(C)(C)C)cc1Cl. The van der Waals surface area contributed by atoms with Gasteiger partial charge in [0.2, 0.25) is 0 Å². The van der Waals surface area contributed by atoms with E-state index in [1.165, 1.54) is 18.4 Å². The quantitative estimate of drug-likeness (QED) is 0.828. The zero-order valence-electron chi connectivity index (χ0n) is 12.9. The van der Waals surface area contributed by atoms with Gasteiger partial charge in [0.15, 0.2) is 0 Å². The van der Waals surface area contributed by atoms with Gasteiger partial charge in [-0.1, -0.05) is 31.0 Å². The van der Waals surface area contributed by atoms with Gasteiger partial charge in [-0.25, -0.2) is 0 Å². The normalized spacial score (nSPS) is 11.7. The molecule has 0 heterocycles. The van der Waals surface area contributed by atoms with Crippen molar-refractivity contribution >= 4 is 17.3 Å². The number of benzene rings is 1. The van der Waals surface area contributed by atoms with Crippen LogP contribution in [0.15, 0.2) is 18.2 Å². The molecule has 0 amide bonds. The topological polar surface area (TPSA) is 15.3 Å². The van der Waals surface area contributed by atoms with E-state index in [1.807, 2.05) is 0 Å². The van der Waals surface area contributed by atoms with E-state index in [0.29, 0.717) is 0 Å². The predicted octanol–water partition coefficient (Wildman–Crippen LogP) is 4.46. The average Bonchev–Trinajstić information content (AvgIpc) is 2.32. The van der Waals surface area contributed by atoms with Crippen molar-refractivity contribution < 1.29 is 0 Å². The molecule has 2 nitrogen and oxygen atoms in total. The molecule has 0 atom stereocenters. The standard InChI is InChI=1S/C16H27ClN2/c1-6-7-10-19(5)15-9-8-13(11-14(15)17)12-18-16(2,3)4/h8-9,11,18H,6-7,10,12H2,1-5H3. The second kappa shape index (κ2) is 7.16. The van der Waals surface area contributed by atoms with E-state index in [9.17, 15) is 0 Å². The van der Waals surface area contributed by atoms with E-state index in [4.69, 9.17) is 11.6 Å². The van der Waals surface area contributed by atoms with Crippen LogP contribution >= 0.6 is 11.6 Å². The van der Waals surface area contributed by atoms with Gasteiger partial charge in [-0.2, -0.15) is 0 Å². The molecule has 1 aromatic rings. The third kappa shape index (κ3) is 5.84. The van der Waals surface area contributed by atoms with Gasteiger partial charge in [0.05, 0.1) is 10.7 Å². The number of nitrogens with one attached hydrogen (secondary N) is 1. The Bertz CT molecular complexity index is 396. The van der Waals surface area contributed by atoms with Crippen LogP contribution in [-0.4, -0.2) is 19.1 Å². The zero-order chi connectivity index (χ0) is 14.5. The molecular formula is C16H27ClN2. The van der Waals surface area contributed by atoms with Crippen LogP contribution in [0.1, 0.15) is 46.1 Å². The second-order valence-corrected chi connectivity index (χ2v) is 6.57. The molecule has 0 aromatic heterocycles. The maximum atomic E-state index is 6.38. The first-order valence-electron chi connectivity index (χ1n) is 7.08. The van der Waals surface area contributed by atoms with Gasteiger partial charge in [0.25, 0.3) is 0 Å². The van der Waals surface area contributed by atoms with Crippen LogP contribution in [0.5, 0.6) is 0 Å². The smallest absolute Gasteiger partial charge is 0.0642 e. The first-order valence-corrected chi connectivity index (χ1v) is 7.46. The fourth-order valence-corrected chi connectivity index (χ4v) is 2.20. The molecule has 0 aliphatic rings. The van der Waals surface area contributed by atoms with Crippen LogP contribution in [0.4, 0.5) is 5.69 Å². The number of rotatable bonds is 6. The second-order valence-electron chi connectivity index (χ2n) is 6.16. The van der Waals surface area contributed by atoms with E-state index < -0.39 is 0 Å². The van der Waals surface area contributed by atoms with Crippen LogP contribution in [0.3, 0.4) is 0 Å². The molecule has 19 heavy (non-hydrogen) atoms. The van der Waals surface area contributed by atoms with Gasteiger partial charge >= 0.3 is 0 Å². The molecular weight excluding hydrogens is 256 g/mol. The Balaban J connectivity index is 2.69. The third-order valence-corrected chi connectivity index (χ3v) is 3.40. The summed E-state index contributed by atoms with van der Waals surface area (Å²) in [6.45, 7) is 10.6. The largest absolute Gasteiger partial charge is 0.373 e. The fourth-order valence-electron chi connectivity index (χ4n) is 1.85. The van der Waals surface area contributed by atoms with Gasteiger partial charge in [0, 0.05) is 25.7 Å². The molecule has 0 spiro atoms. The lowest BCUT2D eigenvalue weighted by atomic mass is 10.1. The minimum atomic E-state index is 0.128. The number of nitrogens with zero attached hydrogens (tertiary/aromatic N) is 1. The van der Waals surface area contributed by atoms with Crippen molar-refractivity contribution in [3.05, 3.63) is 28.8 Å². The maximum Gasteiger partial charge on any atom is 0.0642 e. The highest BCUT2D eigenvalue weighted by Gasteiger charge is 2.10. The lowest BCUT2D eigenvalue weighted by Crippen LogP contribution is -2.35. The number of halogens is 1. The van der Waals surface area contributed by atoms with Crippen LogP contribution < -0.4 is 10.2 Å².